The number of rotatable bonds is 5. The number of nitriles is 1. The molecule has 0 radical (unpaired) electrons. The summed E-state index contributed by atoms with van der Waals surface area (Å²) in [6.45, 7) is 0.812. The van der Waals surface area contributed by atoms with Gasteiger partial charge >= 0.3 is 0 Å². The highest BCUT2D eigenvalue weighted by molar-refractivity contribution is 5.34. The summed E-state index contributed by atoms with van der Waals surface area (Å²) in [5.41, 5.74) is 0.527. The molecule has 17 heavy (non-hydrogen) atoms. The molecule has 1 aromatic rings. The van der Waals surface area contributed by atoms with Crippen molar-refractivity contribution in [2.75, 3.05) is 6.54 Å². The Hall–Kier alpha value is -1.44. The molecule has 0 spiro atoms. The molecule has 0 bridgehead atoms. The molecule has 2 rings (SSSR count). The highest BCUT2D eigenvalue weighted by Crippen LogP contribution is 2.32. The molecular weight excluding hydrogens is 219 g/mol. The molecule has 1 aromatic carbocycles. The van der Waals surface area contributed by atoms with Crippen molar-refractivity contribution in [2.45, 2.75) is 25.5 Å². The molecule has 0 heterocycles. The summed E-state index contributed by atoms with van der Waals surface area (Å²) >= 11 is 0. The van der Waals surface area contributed by atoms with E-state index >= 15 is 0 Å². The predicted molar refractivity (Wildman–Crippen MR) is 61.6 cm³/mol. The Kier molecular flexibility index (Phi) is 3.72. The summed E-state index contributed by atoms with van der Waals surface area (Å²) in [7, 11) is 0. The second-order valence-electron chi connectivity index (χ2n) is 4.43. The molecule has 0 aliphatic heterocycles. The van der Waals surface area contributed by atoms with Crippen molar-refractivity contribution in [3.8, 4) is 6.07 Å². The largest absolute Gasteiger partial charge is 0.392 e. The number of hydrogen-bond acceptors (Lipinski definition) is 3. The third-order valence-electron chi connectivity index (χ3n) is 3.03. The molecule has 1 fully saturated rings. The zero-order valence-electron chi connectivity index (χ0n) is 9.49. The van der Waals surface area contributed by atoms with Crippen molar-refractivity contribution < 1.29 is 9.50 Å². The minimum atomic E-state index is -0.469. The van der Waals surface area contributed by atoms with Crippen LogP contribution in [0.4, 0.5) is 4.39 Å². The zero-order valence-corrected chi connectivity index (χ0v) is 9.49. The molecule has 1 atom stereocenters. The monoisotopic (exact) mass is 234 g/mol. The van der Waals surface area contributed by atoms with Crippen LogP contribution in [0, 0.1) is 23.1 Å². The molecular formula is C13H15FN2O. The van der Waals surface area contributed by atoms with Crippen LogP contribution >= 0.6 is 0 Å². The van der Waals surface area contributed by atoms with Crippen LogP contribution in [0.3, 0.4) is 0 Å². The number of aliphatic hydroxyl groups is 1. The van der Waals surface area contributed by atoms with Gasteiger partial charge in [0.1, 0.15) is 11.9 Å². The van der Waals surface area contributed by atoms with E-state index in [4.69, 9.17) is 5.26 Å². The molecule has 2 N–H and O–H groups in total. The average molecular weight is 234 g/mol. The summed E-state index contributed by atoms with van der Waals surface area (Å²) in [5.74, 6) is -0.0544. The van der Waals surface area contributed by atoms with Crippen LogP contribution in [0.5, 0.6) is 0 Å². The first kappa shape index (κ1) is 12.0. The Morgan fingerprint density at radius 2 is 2.29 bits per heavy atom. The van der Waals surface area contributed by atoms with E-state index in [1.807, 2.05) is 6.07 Å². The lowest BCUT2D eigenvalue weighted by Crippen LogP contribution is -2.28. The van der Waals surface area contributed by atoms with Crippen LogP contribution < -0.4 is 5.32 Å². The number of benzene rings is 1. The van der Waals surface area contributed by atoms with E-state index in [2.05, 4.69) is 5.32 Å². The lowest BCUT2D eigenvalue weighted by atomic mass is 10.1. The summed E-state index contributed by atoms with van der Waals surface area (Å²) in [6.07, 6.45) is 1.83. The quantitative estimate of drug-likeness (QED) is 0.812. The van der Waals surface area contributed by atoms with Crippen molar-refractivity contribution in [1.29, 1.82) is 5.26 Å². The van der Waals surface area contributed by atoms with E-state index in [9.17, 15) is 9.50 Å². The van der Waals surface area contributed by atoms with Gasteiger partial charge in [0.15, 0.2) is 0 Å². The first-order valence-electron chi connectivity index (χ1n) is 5.78. The van der Waals surface area contributed by atoms with E-state index in [-0.39, 0.29) is 11.7 Å². The van der Waals surface area contributed by atoms with Crippen LogP contribution in [-0.2, 0) is 6.54 Å². The van der Waals surface area contributed by atoms with E-state index in [1.165, 1.54) is 6.07 Å². The number of hydrogen-bond donors (Lipinski definition) is 2. The van der Waals surface area contributed by atoms with Gasteiger partial charge in [0, 0.05) is 18.7 Å². The third-order valence-corrected chi connectivity index (χ3v) is 3.03. The van der Waals surface area contributed by atoms with Gasteiger partial charge in [0.05, 0.1) is 11.7 Å². The molecule has 1 aliphatic carbocycles. The highest BCUT2D eigenvalue weighted by Gasteiger charge is 2.29. The summed E-state index contributed by atoms with van der Waals surface area (Å²) in [4.78, 5) is 0. The fourth-order valence-corrected chi connectivity index (χ4v) is 1.81. The number of aliphatic hydroxyl groups excluding tert-OH is 1. The molecule has 0 aromatic heterocycles. The van der Waals surface area contributed by atoms with E-state index in [0.717, 1.165) is 12.8 Å². The van der Waals surface area contributed by atoms with Crippen molar-refractivity contribution in [3.05, 3.63) is 35.1 Å². The minimum absolute atomic E-state index is 0.0621. The van der Waals surface area contributed by atoms with Crippen molar-refractivity contribution in [1.82, 2.24) is 5.32 Å². The molecule has 3 nitrogen and oxygen atoms in total. The van der Waals surface area contributed by atoms with Crippen molar-refractivity contribution in [3.63, 3.8) is 0 Å². The molecule has 4 heteroatoms. The SMILES string of the molecule is N#Cc1cccc(CNCC(O)C2CC2)c1F. The van der Waals surface area contributed by atoms with Gasteiger partial charge in [-0.3, -0.25) is 0 Å². The standard InChI is InChI=1S/C13H15FN2O/c14-13-10(6-15)2-1-3-11(13)7-16-8-12(17)9-4-5-9/h1-3,9,12,16-17H,4-5,7-8H2. The summed E-state index contributed by atoms with van der Waals surface area (Å²) in [6, 6.07) is 6.58. The number of halogens is 1. The van der Waals surface area contributed by atoms with Crippen LogP contribution in [0.15, 0.2) is 18.2 Å². The molecule has 1 saturated carbocycles. The number of nitrogens with one attached hydrogen (secondary N) is 1. The predicted octanol–water partition coefficient (Wildman–Crippen LogP) is 1.56. The molecule has 0 amide bonds. The van der Waals surface area contributed by atoms with Gasteiger partial charge in [-0.25, -0.2) is 4.39 Å². The highest BCUT2D eigenvalue weighted by atomic mass is 19.1. The smallest absolute Gasteiger partial charge is 0.145 e. The van der Waals surface area contributed by atoms with Crippen LogP contribution in [0.2, 0.25) is 0 Å². The Balaban J connectivity index is 1.88. The Morgan fingerprint density at radius 3 is 2.94 bits per heavy atom. The van der Waals surface area contributed by atoms with Crippen molar-refractivity contribution >= 4 is 0 Å². The van der Waals surface area contributed by atoms with E-state index in [0.29, 0.717) is 24.6 Å². The topological polar surface area (TPSA) is 56.0 Å². The van der Waals surface area contributed by atoms with Gasteiger partial charge in [-0.05, 0) is 24.8 Å². The van der Waals surface area contributed by atoms with Crippen LogP contribution in [-0.4, -0.2) is 17.8 Å². The lowest BCUT2D eigenvalue weighted by molar-refractivity contribution is 0.148. The Morgan fingerprint density at radius 1 is 1.53 bits per heavy atom. The Bertz CT molecular complexity index is 438. The molecule has 1 unspecified atom stereocenters. The summed E-state index contributed by atoms with van der Waals surface area (Å²) < 4.78 is 13.6. The molecule has 1 aliphatic rings. The fraction of sp³-hybridized carbons (Fsp3) is 0.462. The first-order chi connectivity index (χ1) is 8.22. The second-order valence-corrected chi connectivity index (χ2v) is 4.43. The maximum Gasteiger partial charge on any atom is 0.145 e. The second kappa shape index (κ2) is 5.26. The van der Waals surface area contributed by atoms with Gasteiger partial charge in [-0.2, -0.15) is 5.26 Å². The first-order valence-corrected chi connectivity index (χ1v) is 5.78. The van der Waals surface area contributed by atoms with Crippen LogP contribution in [0.1, 0.15) is 24.0 Å². The van der Waals surface area contributed by atoms with Gasteiger partial charge in [-0.15, -0.1) is 0 Å². The van der Waals surface area contributed by atoms with Crippen LogP contribution in [0.25, 0.3) is 0 Å². The minimum Gasteiger partial charge on any atom is -0.392 e. The molecule has 90 valence electrons. The van der Waals surface area contributed by atoms with Gasteiger partial charge in [0.2, 0.25) is 0 Å². The summed E-state index contributed by atoms with van der Waals surface area (Å²) in [5, 5.41) is 21.3. The third kappa shape index (κ3) is 3.02. The maximum atomic E-state index is 13.6. The normalized spacial score (nSPS) is 16.5. The number of nitrogens with zero attached hydrogens (tertiary/aromatic N) is 1. The van der Waals surface area contributed by atoms with Gasteiger partial charge in [0.25, 0.3) is 0 Å². The average Bonchev–Trinajstić information content (AvgIpc) is 3.15. The van der Waals surface area contributed by atoms with Gasteiger partial charge < -0.3 is 10.4 Å². The lowest BCUT2D eigenvalue weighted by Gasteiger charge is -2.11. The zero-order chi connectivity index (χ0) is 12.3. The van der Waals surface area contributed by atoms with Gasteiger partial charge in [-0.1, -0.05) is 12.1 Å². The van der Waals surface area contributed by atoms with Crippen molar-refractivity contribution in [2.24, 2.45) is 5.92 Å². The van der Waals surface area contributed by atoms with E-state index < -0.39 is 5.82 Å². The van der Waals surface area contributed by atoms with E-state index in [1.54, 1.807) is 12.1 Å². The maximum absolute atomic E-state index is 13.6. The Labute approximate surface area is 99.9 Å². The molecule has 0 saturated heterocycles. The fourth-order valence-electron chi connectivity index (χ4n) is 1.81.